The van der Waals surface area contributed by atoms with Gasteiger partial charge in [0.25, 0.3) is 0 Å². The Bertz CT molecular complexity index is 802. The van der Waals surface area contributed by atoms with Crippen molar-refractivity contribution in [2.24, 2.45) is 5.10 Å². The number of aromatic nitrogens is 3. The molecule has 0 saturated carbocycles. The lowest BCUT2D eigenvalue weighted by Gasteiger charge is -1.98. The largest absolute Gasteiger partial charge is 0.250 e. The molecule has 0 atom stereocenters. The molecule has 4 nitrogen and oxygen atoms in total. The van der Waals surface area contributed by atoms with Gasteiger partial charge in [-0.05, 0) is 41.4 Å². The van der Waals surface area contributed by atoms with E-state index < -0.39 is 0 Å². The Kier molecular flexibility index (Phi) is 3.90. The number of hydrogen-bond donors (Lipinski definition) is 1. The maximum Gasteiger partial charge on any atom is 0.216 e. The second-order valence-electron chi connectivity index (χ2n) is 3.94. The summed E-state index contributed by atoms with van der Waals surface area (Å²) in [5, 5.41) is 13.4. The van der Waals surface area contributed by atoms with Crippen molar-refractivity contribution in [2.45, 2.75) is 0 Å². The highest BCUT2D eigenvalue weighted by atomic mass is 79.9. The van der Waals surface area contributed by atoms with Crippen LogP contribution >= 0.6 is 39.5 Å². The van der Waals surface area contributed by atoms with Crippen LogP contribution in [-0.4, -0.2) is 21.1 Å². The molecule has 0 spiro atoms. The van der Waals surface area contributed by atoms with Crippen molar-refractivity contribution in [2.75, 3.05) is 0 Å². The monoisotopic (exact) mass is 364 g/mol. The van der Waals surface area contributed by atoms with Crippen LogP contribution in [0.25, 0.3) is 10.7 Å². The molecule has 0 amide bonds. The van der Waals surface area contributed by atoms with Crippen LogP contribution in [-0.2, 0) is 0 Å². The van der Waals surface area contributed by atoms with Crippen LogP contribution in [0.5, 0.6) is 0 Å². The summed E-state index contributed by atoms with van der Waals surface area (Å²) in [7, 11) is 0. The Hall–Kier alpha value is -1.57. The summed E-state index contributed by atoms with van der Waals surface area (Å²) in [5.41, 5.74) is 0.986. The van der Waals surface area contributed by atoms with Gasteiger partial charge in [0.05, 0.1) is 11.1 Å². The van der Waals surface area contributed by atoms with E-state index in [1.807, 2.05) is 41.8 Å². The zero-order chi connectivity index (χ0) is 13.9. The number of thiophene rings is 1. The Morgan fingerprint density at radius 3 is 3.00 bits per heavy atom. The molecule has 0 radical (unpaired) electrons. The van der Waals surface area contributed by atoms with E-state index in [1.54, 1.807) is 22.2 Å². The lowest BCUT2D eigenvalue weighted by atomic mass is 10.2. The maximum atomic E-state index is 5.21. The first-order valence-electron chi connectivity index (χ1n) is 5.75. The molecule has 0 aliphatic rings. The highest BCUT2D eigenvalue weighted by Gasteiger charge is 2.08. The van der Waals surface area contributed by atoms with E-state index in [-0.39, 0.29) is 0 Å². The molecule has 1 N–H and O–H groups in total. The third-order valence-electron chi connectivity index (χ3n) is 2.56. The minimum atomic E-state index is 0.472. The predicted molar refractivity (Wildman–Crippen MR) is 87.9 cm³/mol. The lowest BCUT2D eigenvalue weighted by Crippen LogP contribution is -1.93. The smallest absolute Gasteiger partial charge is 0.216 e. The fraction of sp³-hybridized carbons (Fsp3) is 0. The van der Waals surface area contributed by atoms with Crippen LogP contribution in [0.1, 0.15) is 5.56 Å². The minimum Gasteiger partial charge on any atom is -0.250 e. The number of H-pyrrole nitrogens is 1. The van der Waals surface area contributed by atoms with Gasteiger partial charge in [0.15, 0.2) is 5.82 Å². The molecule has 7 heteroatoms. The first-order valence-corrected chi connectivity index (χ1v) is 7.83. The summed E-state index contributed by atoms with van der Waals surface area (Å²) in [6.45, 7) is 0. The number of halogens is 1. The van der Waals surface area contributed by atoms with E-state index in [2.05, 4.69) is 31.2 Å². The second kappa shape index (κ2) is 5.82. The van der Waals surface area contributed by atoms with Gasteiger partial charge in [0, 0.05) is 4.47 Å². The van der Waals surface area contributed by atoms with E-state index >= 15 is 0 Å². The van der Waals surface area contributed by atoms with Crippen molar-refractivity contribution in [3.05, 3.63) is 56.6 Å². The molecule has 0 aliphatic heterocycles. The molecule has 1 aromatic carbocycles. The van der Waals surface area contributed by atoms with Crippen molar-refractivity contribution in [3.63, 3.8) is 0 Å². The zero-order valence-corrected chi connectivity index (χ0v) is 13.4. The van der Waals surface area contributed by atoms with Crippen LogP contribution in [0, 0.1) is 4.77 Å². The van der Waals surface area contributed by atoms with Crippen molar-refractivity contribution >= 4 is 45.7 Å². The molecule has 2 aromatic heterocycles. The molecule has 0 saturated heterocycles. The third kappa shape index (κ3) is 2.79. The van der Waals surface area contributed by atoms with Gasteiger partial charge in [-0.15, -0.1) is 11.3 Å². The molecule has 2 heterocycles. The van der Waals surface area contributed by atoms with Crippen molar-refractivity contribution < 1.29 is 0 Å². The predicted octanol–water partition coefficient (Wildman–Crippen LogP) is 4.31. The SMILES string of the molecule is S=c1[nH]nc(-c2cccs2)n1/N=C/c1cccc(Br)c1. The highest BCUT2D eigenvalue weighted by molar-refractivity contribution is 9.10. The van der Waals surface area contributed by atoms with Crippen LogP contribution in [0.2, 0.25) is 0 Å². The number of hydrogen-bond acceptors (Lipinski definition) is 4. The van der Waals surface area contributed by atoms with Crippen LogP contribution in [0.15, 0.2) is 51.4 Å². The fourth-order valence-electron chi connectivity index (χ4n) is 1.68. The van der Waals surface area contributed by atoms with Gasteiger partial charge in [-0.1, -0.05) is 34.1 Å². The summed E-state index contributed by atoms with van der Waals surface area (Å²) in [6, 6.07) is 11.8. The van der Waals surface area contributed by atoms with Gasteiger partial charge >= 0.3 is 0 Å². The lowest BCUT2D eigenvalue weighted by molar-refractivity contribution is 0.873. The van der Waals surface area contributed by atoms with Gasteiger partial charge in [-0.25, -0.2) is 5.10 Å². The van der Waals surface area contributed by atoms with Gasteiger partial charge in [-0.3, -0.25) is 0 Å². The Balaban J connectivity index is 1.99. The average Bonchev–Trinajstić information content (AvgIpc) is 3.06. The molecular formula is C13H9BrN4S2. The summed E-state index contributed by atoms with van der Waals surface area (Å²) in [6.07, 6.45) is 1.76. The molecular weight excluding hydrogens is 356 g/mol. The summed E-state index contributed by atoms with van der Waals surface area (Å²) in [5.74, 6) is 0.719. The fourth-order valence-corrected chi connectivity index (χ4v) is 2.97. The molecule has 0 aliphatic carbocycles. The van der Waals surface area contributed by atoms with Gasteiger partial charge in [0.1, 0.15) is 0 Å². The quantitative estimate of drug-likeness (QED) is 0.555. The molecule has 100 valence electrons. The topological polar surface area (TPSA) is 46.0 Å². The number of benzene rings is 1. The average molecular weight is 365 g/mol. The molecule has 20 heavy (non-hydrogen) atoms. The summed E-state index contributed by atoms with van der Waals surface area (Å²) in [4.78, 5) is 1.02. The third-order valence-corrected chi connectivity index (χ3v) is 4.19. The van der Waals surface area contributed by atoms with Gasteiger partial charge in [0.2, 0.25) is 4.77 Å². The van der Waals surface area contributed by atoms with E-state index in [1.165, 1.54) is 0 Å². The van der Waals surface area contributed by atoms with E-state index in [0.29, 0.717) is 4.77 Å². The van der Waals surface area contributed by atoms with Crippen molar-refractivity contribution in [3.8, 4) is 10.7 Å². The first kappa shape index (κ1) is 13.4. The summed E-state index contributed by atoms with van der Waals surface area (Å²) < 4.78 is 3.11. The number of nitrogens with zero attached hydrogens (tertiary/aromatic N) is 3. The van der Waals surface area contributed by atoms with Crippen molar-refractivity contribution in [1.29, 1.82) is 0 Å². The van der Waals surface area contributed by atoms with Crippen LogP contribution < -0.4 is 0 Å². The van der Waals surface area contributed by atoms with Crippen LogP contribution in [0.4, 0.5) is 0 Å². The number of aromatic amines is 1. The highest BCUT2D eigenvalue weighted by Crippen LogP contribution is 2.22. The Labute approximate surface area is 132 Å². The van der Waals surface area contributed by atoms with Gasteiger partial charge < -0.3 is 0 Å². The molecule has 0 unspecified atom stereocenters. The molecule has 3 aromatic rings. The standard InChI is InChI=1S/C13H9BrN4S2/c14-10-4-1-3-9(7-10)8-15-18-12(16-17-13(18)19)11-5-2-6-20-11/h1-8H,(H,17,19)/b15-8+. The van der Waals surface area contributed by atoms with Crippen LogP contribution in [0.3, 0.4) is 0 Å². The first-order chi connectivity index (χ1) is 9.74. The normalized spacial score (nSPS) is 11.2. The number of nitrogens with one attached hydrogen (secondary N) is 1. The molecule has 0 bridgehead atoms. The summed E-state index contributed by atoms with van der Waals surface area (Å²) >= 11 is 10.2. The van der Waals surface area contributed by atoms with Gasteiger partial charge in [-0.2, -0.15) is 14.9 Å². The minimum absolute atomic E-state index is 0.472. The Morgan fingerprint density at radius 2 is 2.25 bits per heavy atom. The number of rotatable bonds is 3. The second-order valence-corrected chi connectivity index (χ2v) is 6.19. The van der Waals surface area contributed by atoms with E-state index in [4.69, 9.17) is 12.2 Å². The molecule has 3 rings (SSSR count). The van der Waals surface area contributed by atoms with Crippen molar-refractivity contribution in [1.82, 2.24) is 14.9 Å². The van der Waals surface area contributed by atoms with E-state index in [9.17, 15) is 0 Å². The maximum absolute atomic E-state index is 5.21. The van der Waals surface area contributed by atoms with E-state index in [0.717, 1.165) is 20.7 Å². The Morgan fingerprint density at radius 1 is 1.35 bits per heavy atom. The molecule has 0 fully saturated rings. The zero-order valence-electron chi connectivity index (χ0n) is 10.2.